The zero-order valence-corrected chi connectivity index (χ0v) is 19.6. The summed E-state index contributed by atoms with van der Waals surface area (Å²) in [6.45, 7) is 4.89. The molecule has 0 fully saturated rings. The number of aldehydes is 1. The van der Waals surface area contributed by atoms with E-state index in [1.165, 1.54) is 25.1 Å². The van der Waals surface area contributed by atoms with Crippen LogP contribution in [0.1, 0.15) is 33.2 Å². The molecule has 1 aromatic heterocycles. The quantitative estimate of drug-likeness (QED) is 0.209. The summed E-state index contributed by atoms with van der Waals surface area (Å²) in [7, 11) is 0. The molecule has 0 bridgehead atoms. The van der Waals surface area contributed by atoms with Crippen LogP contribution in [0.25, 0.3) is 11.4 Å². The van der Waals surface area contributed by atoms with Gasteiger partial charge in [0.15, 0.2) is 5.82 Å². The molecule has 0 saturated carbocycles. The van der Waals surface area contributed by atoms with Gasteiger partial charge in [-0.3, -0.25) is 14.4 Å². The second-order valence-corrected chi connectivity index (χ2v) is 7.72. The lowest BCUT2D eigenvalue weighted by atomic mass is 10.1. The Kier molecular flexibility index (Phi) is 8.71. The largest absolute Gasteiger partial charge is 0.507 e. The van der Waals surface area contributed by atoms with E-state index in [4.69, 9.17) is 0 Å². The van der Waals surface area contributed by atoms with E-state index in [1.54, 1.807) is 0 Å². The lowest BCUT2D eigenvalue weighted by Gasteiger charge is -2.16. The molecule has 3 rings (SSSR count). The molecule has 182 valence electrons. The Bertz CT molecular complexity index is 1200. The second kappa shape index (κ2) is 12.1. The number of carbonyl (C=O) groups excluding carboxylic acids is 3. The van der Waals surface area contributed by atoms with Crippen molar-refractivity contribution >= 4 is 29.7 Å². The number of phenolic OH excluding ortho intramolecular Hbond substituents is 1. The summed E-state index contributed by atoms with van der Waals surface area (Å²) in [6.07, 6.45) is 0.613. The summed E-state index contributed by atoms with van der Waals surface area (Å²) >= 11 is 0. The van der Waals surface area contributed by atoms with Crippen molar-refractivity contribution in [2.45, 2.75) is 13.8 Å². The van der Waals surface area contributed by atoms with Crippen LogP contribution < -0.4 is 21.3 Å². The standard InChI is InChI=1S/C25H28N6O4/c1-16-22(27-11-10-26-17(2)33)30-24(19-6-4-3-5-7-19)31-23(16)28-12-13-29-25(35)20-14-18(15-32)8-9-21(20)34/h3-9,14-15,34H,10-13H2,1-2H3,(H,26,33)(H,29,35)(H2,27,28,30,31). The molecule has 2 aromatic carbocycles. The summed E-state index contributed by atoms with van der Waals surface area (Å²) in [5, 5.41) is 21.8. The molecule has 0 spiro atoms. The van der Waals surface area contributed by atoms with Crippen LogP contribution in [0.3, 0.4) is 0 Å². The van der Waals surface area contributed by atoms with Crippen molar-refractivity contribution in [3.05, 3.63) is 65.2 Å². The van der Waals surface area contributed by atoms with Gasteiger partial charge in [0, 0.05) is 49.8 Å². The van der Waals surface area contributed by atoms with Crippen LogP contribution in [0, 0.1) is 6.92 Å². The van der Waals surface area contributed by atoms with Gasteiger partial charge in [-0.15, -0.1) is 0 Å². The van der Waals surface area contributed by atoms with Crippen molar-refractivity contribution in [2.24, 2.45) is 0 Å². The minimum absolute atomic E-state index is 0.0323. The number of aromatic hydroxyl groups is 1. The molecule has 35 heavy (non-hydrogen) atoms. The molecule has 1 heterocycles. The number of nitrogens with one attached hydrogen (secondary N) is 4. The van der Waals surface area contributed by atoms with Crippen LogP contribution in [0.5, 0.6) is 5.75 Å². The number of anilines is 2. The van der Waals surface area contributed by atoms with E-state index in [2.05, 4.69) is 31.2 Å². The third-order valence-corrected chi connectivity index (χ3v) is 5.07. The highest BCUT2D eigenvalue weighted by atomic mass is 16.3. The molecule has 0 aliphatic carbocycles. The first kappa shape index (κ1) is 25.2. The fourth-order valence-electron chi connectivity index (χ4n) is 3.26. The topological polar surface area (TPSA) is 145 Å². The second-order valence-electron chi connectivity index (χ2n) is 7.72. The van der Waals surface area contributed by atoms with Gasteiger partial charge in [0.2, 0.25) is 5.91 Å². The van der Waals surface area contributed by atoms with Gasteiger partial charge in [-0.05, 0) is 25.1 Å². The van der Waals surface area contributed by atoms with Crippen molar-refractivity contribution < 1.29 is 19.5 Å². The molecular formula is C25H28N6O4. The van der Waals surface area contributed by atoms with Crippen LogP contribution in [-0.2, 0) is 4.79 Å². The highest BCUT2D eigenvalue weighted by molar-refractivity contribution is 5.98. The number of phenols is 1. The molecule has 0 aliphatic rings. The van der Waals surface area contributed by atoms with Gasteiger partial charge in [-0.2, -0.15) is 0 Å². The highest BCUT2D eigenvalue weighted by Gasteiger charge is 2.14. The number of aromatic nitrogens is 2. The molecule has 2 amide bonds. The van der Waals surface area contributed by atoms with E-state index >= 15 is 0 Å². The number of nitrogens with zero attached hydrogens (tertiary/aromatic N) is 2. The average molecular weight is 477 g/mol. The maximum Gasteiger partial charge on any atom is 0.255 e. The highest BCUT2D eigenvalue weighted by Crippen LogP contribution is 2.25. The van der Waals surface area contributed by atoms with Crippen LogP contribution in [0.2, 0.25) is 0 Å². The van der Waals surface area contributed by atoms with Crippen LogP contribution in [0.15, 0.2) is 48.5 Å². The Morgan fingerprint density at radius 2 is 1.54 bits per heavy atom. The molecular weight excluding hydrogens is 448 g/mol. The van der Waals surface area contributed by atoms with Crippen LogP contribution >= 0.6 is 0 Å². The maximum atomic E-state index is 12.4. The molecule has 0 saturated heterocycles. The summed E-state index contributed by atoms with van der Waals surface area (Å²) in [5.41, 5.74) is 1.97. The van der Waals surface area contributed by atoms with Gasteiger partial charge in [0.1, 0.15) is 23.7 Å². The minimum Gasteiger partial charge on any atom is -0.507 e. The SMILES string of the molecule is CC(=O)NCCNc1nc(-c2ccccc2)nc(NCCNC(=O)c2cc(C=O)ccc2O)c1C. The number of benzene rings is 2. The summed E-state index contributed by atoms with van der Waals surface area (Å²) in [5.74, 6) is 0.965. The van der Waals surface area contributed by atoms with Gasteiger partial charge in [-0.25, -0.2) is 9.97 Å². The predicted molar refractivity (Wildman–Crippen MR) is 134 cm³/mol. The Labute approximate surface area is 203 Å². The summed E-state index contributed by atoms with van der Waals surface area (Å²) < 4.78 is 0. The van der Waals surface area contributed by atoms with Crippen LogP contribution in [0.4, 0.5) is 11.6 Å². The van der Waals surface area contributed by atoms with E-state index < -0.39 is 5.91 Å². The number of hydrogen-bond acceptors (Lipinski definition) is 8. The molecule has 0 unspecified atom stereocenters. The summed E-state index contributed by atoms with van der Waals surface area (Å²) in [4.78, 5) is 43.8. The van der Waals surface area contributed by atoms with Gasteiger partial charge < -0.3 is 26.4 Å². The average Bonchev–Trinajstić information content (AvgIpc) is 2.86. The lowest BCUT2D eigenvalue weighted by Crippen LogP contribution is -2.29. The summed E-state index contributed by atoms with van der Waals surface area (Å²) in [6, 6.07) is 13.6. The van der Waals surface area contributed by atoms with E-state index in [0.717, 1.165) is 11.1 Å². The Hall–Kier alpha value is -4.47. The third-order valence-electron chi connectivity index (χ3n) is 5.07. The van der Waals surface area contributed by atoms with Gasteiger partial charge >= 0.3 is 0 Å². The number of carbonyl (C=O) groups is 3. The molecule has 0 aliphatic heterocycles. The van der Waals surface area contributed by atoms with Crippen molar-refractivity contribution in [2.75, 3.05) is 36.8 Å². The molecule has 10 heteroatoms. The minimum atomic E-state index is -0.488. The number of amides is 2. The third kappa shape index (κ3) is 7.00. The number of hydrogen-bond donors (Lipinski definition) is 5. The van der Waals surface area contributed by atoms with E-state index in [0.29, 0.717) is 48.9 Å². The van der Waals surface area contributed by atoms with Gasteiger partial charge in [0.05, 0.1) is 5.56 Å². The molecule has 10 nitrogen and oxygen atoms in total. The maximum absolute atomic E-state index is 12.4. The Morgan fingerprint density at radius 3 is 2.14 bits per heavy atom. The van der Waals surface area contributed by atoms with Crippen molar-refractivity contribution in [3.8, 4) is 17.1 Å². The fraction of sp³-hybridized carbons (Fsp3) is 0.240. The normalized spacial score (nSPS) is 10.3. The predicted octanol–water partition coefficient (Wildman–Crippen LogP) is 2.36. The molecule has 5 N–H and O–H groups in total. The lowest BCUT2D eigenvalue weighted by molar-refractivity contribution is -0.118. The van der Waals surface area contributed by atoms with Crippen LogP contribution in [-0.4, -0.2) is 59.4 Å². The zero-order chi connectivity index (χ0) is 25.2. The van der Waals surface area contributed by atoms with E-state index in [9.17, 15) is 19.5 Å². The Morgan fingerprint density at radius 1 is 0.914 bits per heavy atom. The first-order chi connectivity index (χ1) is 16.9. The number of rotatable bonds is 11. The van der Waals surface area contributed by atoms with Gasteiger partial charge in [-0.1, -0.05) is 30.3 Å². The fourth-order valence-corrected chi connectivity index (χ4v) is 3.26. The zero-order valence-electron chi connectivity index (χ0n) is 19.6. The van der Waals surface area contributed by atoms with Crippen molar-refractivity contribution in [3.63, 3.8) is 0 Å². The Balaban J connectivity index is 1.69. The first-order valence-corrected chi connectivity index (χ1v) is 11.1. The molecule has 0 radical (unpaired) electrons. The first-order valence-electron chi connectivity index (χ1n) is 11.1. The monoisotopic (exact) mass is 476 g/mol. The van der Waals surface area contributed by atoms with Crippen molar-refractivity contribution in [1.82, 2.24) is 20.6 Å². The van der Waals surface area contributed by atoms with E-state index in [1.807, 2.05) is 37.3 Å². The van der Waals surface area contributed by atoms with E-state index in [-0.39, 0.29) is 23.8 Å². The molecule has 0 atom stereocenters. The molecule has 3 aromatic rings. The van der Waals surface area contributed by atoms with Gasteiger partial charge in [0.25, 0.3) is 5.91 Å². The smallest absolute Gasteiger partial charge is 0.255 e. The van der Waals surface area contributed by atoms with Crippen molar-refractivity contribution in [1.29, 1.82) is 0 Å².